The third-order valence-electron chi connectivity index (χ3n) is 3.72. The Morgan fingerprint density at radius 3 is 2.53 bits per heavy atom. The van der Waals surface area contributed by atoms with Gasteiger partial charge in [0.25, 0.3) is 0 Å². The molecule has 0 aliphatic carbocycles. The van der Waals surface area contributed by atoms with E-state index < -0.39 is 0 Å². The molecule has 0 atom stereocenters. The van der Waals surface area contributed by atoms with Crippen LogP contribution in [0, 0.1) is 5.92 Å². The Balaban J connectivity index is 1.72. The average molecular weight is 231 g/mol. The summed E-state index contributed by atoms with van der Waals surface area (Å²) in [6, 6.07) is 10.8. The van der Waals surface area contributed by atoms with Gasteiger partial charge in [-0.15, -0.1) is 0 Å². The van der Waals surface area contributed by atoms with Gasteiger partial charge in [-0.1, -0.05) is 30.3 Å². The molecule has 2 heteroatoms. The van der Waals surface area contributed by atoms with Gasteiger partial charge in [-0.3, -0.25) is 4.90 Å². The monoisotopic (exact) mass is 231 g/mol. The number of piperidine rings is 1. The maximum Gasteiger partial charge on any atom is 0.0233 e. The Morgan fingerprint density at radius 2 is 1.88 bits per heavy atom. The van der Waals surface area contributed by atoms with Crippen molar-refractivity contribution in [1.82, 2.24) is 10.2 Å². The number of benzene rings is 1. The molecule has 17 heavy (non-hydrogen) atoms. The number of rotatable bonds is 5. The number of hydrogen-bond acceptors (Lipinski definition) is 1. The molecule has 93 valence electrons. The molecule has 1 aromatic rings. The van der Waals surface area contributed by atoms with E-state index in [-0.39, 0.29) is 0 Å². The molecule has 0 amide bonds. The smallest absolute Gasteiger partial charge is 0.0233 e. The van der Waals surface area contributed by atoms with E-state index in [0.29, 0.717) is 0 Å². The van der Waals surface area contributed by atoms with Crippen molar-refractivity contribution in [3.63, 3.8) is 0 Å². The third kappa shape index (κ3) is 4.14. The van der Waals surface area contributed by atoms with Gasteiger partial charge in [0.1, 0.15) is 0 Å². The minimum atomic E-state index is 0.908. The van der Waals surface area contributed by atoms with Crippen molar-refractivity contribution in [3.8, 4) is 0 Å². The van der Waals surface area contributed by atoms with E-state index in [1.54, 1.807) is 0 Å². The molecule has 0 saturated carbocycles. The molecule has 0 spiro atoms. The fourth-order valence-corrected chi connectivity index (χ4v) is 2.59. The topological polar surface area (TPSA) is 17.3 Å². The molecule has 1 saturated heterocycles. The second-order valence-corrected chi connectivity index (χ2v) is 5.03. The van der Waals surface area contributed by atoms with Crippen molar-refractivity contribution in [1.29, 1.82) is 0 Å². The molecule has 2 rings (SSSR count). The van der Waals surface area contributed by atoms with Crippen LogP contribution < -0.4 is 5.32 Å². The first kappa shape index (κ1) is 12.6. The van der Waals surface area contributed by atoms with E-state index in [9.17, 15) is 0 Å². The molecule has 1 heterocycles. The molecule has 0 bridgehead atoms. The predicted molar refractivity (Wildman–Crippen MR) is 72.0 cm³/mol. The van der Waals surface area contributed by atoms with Crippen LogP contribution in [0.3, 0.4) is 0 Å². The summed E-state index contributed by atoms with van der Waals surface area (Å²) < 4.78 is 0. The largest absolute Gasteiger partial charge is 0.299 e. The molecule has 1 aliphatic heterocycles. The molecule has 1 aromatic carbocycles. The molecule has 2 nitrogen and oxygen atoms in total. The van der Waals surface area contributed by atoms with Crippen molar-refractivity contribution in [2.75, 3.05) is 26.7 Å². The highest BCUT2D eigenvalue weighted by molar-refractivity contribution is 5.14. The molecule has 0 aromatic heterocycles. The van der Waals surface area contributed by atoms with Gasteiger partial charge in [-0.25, -0.2) is 5.32 Å². The second kappa shape index (κ2) is 6.77. The van der Waals surface area contributed by atoms with E-state index in [0.717, 1.165) is 19.0 Å². The Kier molecular flexibility index (Phi) is 5.02. The van der Waals surface area contributed by atoms with Gasteiger partial charge in [0, 0.05) is 20.1 Å². The van der Waals surface area contributed by atoms with Gasteiger partial charge in [-0.05, 0) is 43.8 Å². The summed E-state index contributed by atoms with van der Waals surface area (Å²) in [7, 11) is 1.92. The highest BCUT2D eigenvalue weighted by Crippen LogP contribution is 2.21. The standard InChI is InChI=1S/C15H23N2/c1-16-10-7-14-8-11-17(12-9-14)13-15-5-3-2-4-6-15/h2-6,14H,7-13H2,1H3. The number of hydrogen-bond donors (Lipinski definition) is 0. The maximum atomic E-state index is 4.20. The molecule has 1 fully saturated rings. The lowest BCUT2D eigenvalue weighted by Crippen LogP contribution is -2.33. The summed E-state index contributed by atoms with van der Waals surface area (Å²) >= 11 is 0. The highest BCUT2D eigenvalue weighted by Gasteiger charge is 2.18. The van der Waals surface area contributed by atoms with E-state index in [1.807, 2.05) is 7.05 Å². The summed E-state index contributed by atoms with van der Waals surface area (Å²) in [5.41, 5.74) is 1.44. The zero-order chi connectivity index (χ0) is 11.9. The lowest BCUT2D eigenvalue weighted by atomic mass is 9.93. The zero-order valence-corrected chi connectivity index (χ0v) is 10.8. The number of likely N-dealkylation sites (tertiary alicyclic amines) is 1. The van der Waals surface area contributed by atoms with Crippen molar-refractivity contribution in [2.45, 2.75) is 25.8 Å². The first-order valence-corrected chi connectivity index (χ1v) is 6.70. The van der Waals surface area contributed by atoms with Crippen LogP contribution in [-0.4, -0.2) is 31.6 Å². The van der Waals surface area contributed by atoms with Gasteiger partial charge in [-0.2, -0.15) is 0 Å². The highest BCUT2D eigenvalue weighted by atomic mass is 15.1. The van der Waals surface area contributed by atoms with Crippen LogP contribution in [0.15, 0.2) is 30.3 Å². The quantitative estimate of drug-likeness (QED) is 0.761. The van der Waals surface area contributed by atoms with Gasteiger partial charge in [0.05, 0.1) is 0 Å². The van der Waals surface area contributed by atoms with E-state index in [1.165, 1.54) is 37.9 Å². The minimum Gasteiger partial charge on any atom is -0.299 e. The molecule has 1 radical (unpaired) electrons. The lowest BCUT2D eigenvalue weighted by molar-refractivity contribution is 0.172. The predicted octanol–water partition coefficient (Wildman–Crippen LogP) is 2.52. The van der Waals surface area contributed by atoms with Crippen LogP contribution in [0.5, 0.6) is 0 Å². The summed E-state index contributed by atoms with van der Waals surface area (Å²) in [5, 5.41) is 4.20. The first-order valence-electron chi connectivity index (χ1n) is 6.70. The molecule has 0 unspecified atom stereocenters. The second-order valence-electron chi connectivity index (χ2n) is 5.03. The minimum absolute atomic E-state index is 0.908. The maximum absolute atomic E-state index is 4.20. The Bertz CT molecular complexity index is 302. The molecular formula is C15H23N2. The third-order valence-corrected chi connectivity index (χ3v) is 3.72. The fourth-order valence-electron chi connectivity index (χ4n) is 2.59. The van der Waals surface area contributed by atoms with Crippen LogP contribution >= 0.6 is 0 Å². The normalized spacial score (nSPS) is 18.4. The van der Waals surface area contributed by atoms with Gasteiger partial charge < -0.3 is 0 Å². The van der Waals surface area contributed by atoms with Crippen molar-refractivity contribution in [3.05, 3.63) is 35.9 Å². The van der Waals surface area contributed by atoms with Crippen molar-refractivity contribution in [2.24, 2.45) is 5.92 Å². The van der Waals surface area contributed by atoms with Crippen LogP contribution in [0.25, 0.3) is 0 Å². The van der Waals surface area contributed by atoms with E-state index >= 15 is 0 Å². The molecule has 1 aliphatic rings. The Morgan fingerprint density at radius 1 is 1.18 bits per heavy atom. The van der Waals surface area contributed by atoms with Crippen LogP contribution in [0.4, 0.5) is 0 Å². The Hall–Kier alpha value is -0.860. The SMILES string of the molecule is C[N]CCC1CCN(Cc2ccccc2)CC1. The van der Waals surface area contributed by atoms with Gasteiger partial charge >= 0.3 is 0 Å². The average Bonchev–Trinajstić information content (AvgIpc) is 2.39. The zero-order valence-electron chi connectivity index (χ0n) is 10.8. The summed E-state index contributed by atoms with van der Waals surface area (Å²) in [6.45, 7) is 4.67. The van der Waals surface area contributed by atoms with Gasteiger partial charge in [0.2, 0.25) is 0 Å². The first-order chi connectivity index (χ1) is 8.38. The number of nitrogens with zero attached hydrogens (tertiary/aromatic N) is 2. The van der Waals surface area contributed by atoms with Crippen LogP contribution in [-0.2, 0) is 6.54 Å². The van der Waals surface area contributed by atoms with Crippen molar-refractivity contribution >= 4 is 0 Å². The lowest BCUT2D eigenvalue weighted by Gasteiger charge is -2.31. The van der Waals surface area contributed by atoms with Crippen LogP contribution in [0.1, 0.15) is 24.8 Å². The van der Waals surface area contributed by atoms with Gasteiger partial charge in [0.15, 0.2) is 0 Å². The summed E-state index contributed by atoms with van der Waals surface area (Å²) in [5.74, 6) is 0.908. The van der Waals surface area contributed by atoms with E-state index in [2.05, 4.69) is 40.5 Å². The Labute approximate surface area is 105 Å². The van der Waals surface area contributed by atoms with E-state index in [4.69, 9.17) is 0 Å². The summed E-state index contributed by atoms with van der Waals surface area (Å²) in [4.78, 5) is 2.58. The fraction of sp³-hybridized carbons (Fsp3) is 0.600. The molecular weight excluding hydrogens is 208 g/mol. The van der Waals surface area contributed by atoms with Crippen LogP contribution in [0.2, 0.25) is 0 Å². The summed E-state index contributed by atoms with van der Waals surface area (Å²) in [6.07, 6.45) is 3.99. The molecule has 0 N–H and O–H groups in total. The van der Waals surface area contributed by atoms with Crippen molar-refractivity contribution < 1.29 is 0 Å².